The monoisotopic (exact) mass is 606 g/mol. The van der Waals surface area contributed by atoms with Crippen molar-refractivity contribution in [2.24, 2.45) is 0 Å². The van der Waals surface area contributed by atoms with Gasteiger partial charge in [0.2, 0.25) is 0 Å². The number of fused-ring (bicyclic) bond motifs is 1. The molecule has 1 saturated heterocycles. The van der Waals surface area contributed by atoms with Gasteiger partial charge in [-0.2, -0.15) is 13.2 Å². The largest absolute Gasteiger partial charge is 0.416 e. The van der Waals surface area contributed by atoms with E-state index in [4.69, 9.17) is 4.98 Å². The quantitative estimate of drug-likeness (QED) is 0.203. The summed E-state index contributed by atoms with van der Waals surface area (Å²) in [7, 11) is 0. The maximum atomic E-state index is 14.7. The molecule has 6 nitrogen and oxygen atoms in total. The van der Waals surface area contributed by atoms with Crippen molar-refractivity contribution in [1.82, 2.24) is 20.5 Å². The number of amides is 1. The lowest BCUT2D eigenvalue weighted by molar-refractivity contribution is -0.137. The van der Waals surface area contributed by atoms with Gasteiger partial charge in [-0.25, -0.2) is 9.37 Å². The zero-order valence-electron chi connectivity index (χ0n) is 24.1. The highest BCUT2D eigenvalue weighted by atomic mass is 19.4. The van der Waals surface area contributed by atoms with Crippen LogP contribution in [-0.4, -0.2) is 53.2 Å². The smallest absolute Gasteiger partial charge is 0.395 e. The van der Waals surface area contributed by atoms with Gasteiger partial charge in [-0.05, 0) is 74.7 Å². The molecule has 1 amide bonds. The summed E-state index contributed by atoms with van der Waals surface area (Å²) in [5.74, 6) is -0.946. The molecule has 44 heavy (non-hydrogen) atoms. The summed E-state index contributed by atoms with van der Waals surface area (Å²) in [5.41, 5.74) is 1.11. The van der Waals surface area contributed by atoms with E-state index < -0.39 is 29.0 Å². The molecule has 0 bridgehead atoms. The van der Waals surface area contributed by atoms with Gasteiger partial charge in [0, 0.05) is 35.6 Å². The molecule has 1 aliphatic carbocycles. The van der Waals surface area contributed by atoms with E-state index in [1.54, 1.807) is 6.07 Å². The Bertz CT molecular complexity index is 1650. The molecule has 2 aliphatic rings. The number of hydrogen-bond donors (Lipinski definition) is 3. The Kier molecular flexibility index (Phi) is 8.41. The molecular weight excluding hydrogens is 572 g/mol. The van der Waals surface area contributed by atoms with Crippen LogP contribution in [0.1, 0.15) is 52.7 Å². The van der Waals surface area contributed by atoms with Gasteiger partial charge in [0.1, 0.15) is 5.82 Å². The average molecular weight is 607 g/mol. The fraction of sp³-hybridized carbons (Fsp3) is 0.353. The van der Waals surface area contributed by atoms with Crippen molar-refractivity contribution < 1.29 is 27.5 Å². The van der Waals surface area contributed by atoms with Crippen molar-refractivity contribution in [1.29, 1.82) is 0 Å². The van der Waals surface area contributed by atoms with Crippen molar-refractivity contribution in [2.75, 3.05) is 26.2 Å². The number of aliphatic hydroxyl groups excluding tert-OH is 1. The number of nitrogens with one attached hydrogen (secondary N) is 2. The van der Waals surface area contributed by atoms with Gasteiger partial charge >= 0.3 is 6.18 Å². The van der Waals surface area contributed by atoms with Crippen LogP contribution in [0.2, 0.25) is 0 Å². The number of hydrogen-bond acceptors (Lipinski definition) is 5. The molecule has 0 spiro atoms. The Morgan fingerprint density at radius 2 is 1.75 bits per heavy atom. The predicted molar refractivity (Wildman–Crippen MR) is 160 cm³/mol. The molecule has 0 unspecified atom stereocenters. The SMILES string of the molecule is O=C(NC1(c2ccccc2)CC1)c1c(CN2CCC(NCCO)CC2)c(-c2cccc(C(F)(F)F)c2)nc2ccc(F)cc12. The highest BCUT2D eigenvalue weighted by molar-refractivity contribution is 6.09. The molecule has 6 rings (SSSR count). The molecule has 3 N–H and O–H groups in total. The standard InChI is InChI=1S/C34H34F4N4O2/c35-25-9-10-29-27(20-25)30(32(44)41-33(13-14-33)23-6-2-1-3-7-23)28(21-42-16-11-26(12-17-42)39-15-18-43)31(40-29)22-5-4-8-24(19-22)34(36,37)38/h1-10,19-20,26,39,43H,11-18,21H2,(H,41,44). The second-order valence-corrected chi connectivity index (χ2v) is 11.7. The molecule has 1 aromatic heterocycles. The number of likely N-dealkylation sites (tertiary alicyclic amines) is 1. The van der Waals surface area contributed by atoms with Crippen molar-refractivity contribution in [3.63, 3.8) is 0 Å². The minimum Gasteiger partial charge on any atom is -0.395 e. The topological polar surface area (TPSA) is 77.5 Å². The number of carbonyl (C=O) groups is 1. The second kappa shape index (κ2) is 12.3. The van der Waals surface area contributed by atoms with E-state index in [0.717, 1.165) is 43.4 Å². The fourth-order valence-electron chi connectivity index (χ4n) is 6.21. The number of aromatic nitrogens is 1. The van der Waals surface area contributed by atoms with Gasteiger partial charge in [-0.15, -0.1) is 0 Å². The molecule has 4 aromatic rings. The molecular formula is C34H34F4N4O2. The molecule has 230 valence electrons. The summed E-state index contributed by atoms with van der Waals surface area (Å²) in [6, 6.07) is 18.8. The number of carbonyl (C=O) groups excluding carboxylic acids is 1. The van der Waals surface area contributed by atoms with Crippen LogP contribution >= 0.6 is 0 Å². The number of nitrogens with zero attached hydrogens (tertiary/aromatic N) is 2. The maximum absolute atomic E-state index is 14.7. The van der Waals surface area contributed by atoms with Crippen molar-refractivity contribution in [2.45, 2.75) is 50.0 Å². The zero-order valence-corrected chi connectivity index (χ0v) is 24.1. The zero-order chi connectivity index (χ0) is 30.9. The number of pyridine rings is 1. The van der Waals surface area contributed by atoms with Gasteiger partial charge < -0.3 is 15.7 Å². The highest BCUT2D eigenvalue weighted by Crippen LogP contribution is 2.46. The first-order valence-corrected chi connectivity index (χ1v) is 14.9. The van der Waals surface area contributed by atoms with Crippen LogP contribution in [0.5, 0.6) is 0 Å². The minimum absolute atomic E-state index is 0.0445. The Hall–Kier alpha value is -3.86. The summed E-state index contributed by atoms with van der Waals surface area (Å²) < 4.78 is 56.1. The van der Waals surface area contributed by atoms with Crippen LogP contribution in [-0.2, 0) is 18.3 Å². The van der Waals surface area contributed by atoms with E-state index in [2.05, 4.69) is 15.5 Å². The summed E-state index contributed by atoms with van der Waals surface area (Å²) in [5, 5.41) is 16.0. The van der Waals surface area contributed by atoms with Gasteiger partial charge in [0.05, 0.1) is 34.5 Å². The van der Waals surface area contributed by atoms with Gasteiger partial charge in [0.15, 0.2) is 0 Å². The van der Waals surface area contributed by atoms with E-state index in [1.165, 1.54) is 24.3 Å². The van der Waals surface area contributed by atoms with Crippen LogP contribution in [0.4, 0.5) is 17.6 Å². The third kappa shape index (κ3) is 6.33. The number of piperidine rings is 1. The van der Waals surface area contributed by atoms with Crippen LogP contribution in [0.15, 0.2) is 72.8 Å². The van der Waals surface area contributed by atoms with E-state index in [0.29, 0.717) is 36.1 Å². The first-order valence-electron chi connectivity index (χ1n) is 14.9. The third-order valence-electron chi connectivity index (χ3n) is 8.68. The summed E-state index contributed by atoms with van der Waals surface area (Å²) in [6.07, 6.45) is -1.48. The molecule has 3 aromatic carbocycles. The summed E-state index contributed by atoms with van der Waals surface area (Å²) in [6.45, 7) is 2.13. The Morgan fingerprint density at radius 3 is 2.43 bits per heavy atom. The molecule has 0 atom stereocenters. The van der Waals surface area contributed by atoms with E-state index in [9.17, 15) is 27.5 Å². The van der Waals surface area contributed by atoms with Crippen LogP contribution < -0.4 is 10.6 Å². The molecule has 1 aliphatic heterocycles. The lowest BCUT2D eigenvalue weighted by Gasteiger charge is -2.33. The first kappa shape index (κ1) is 30.2. The van der Waals surface area contributed by atoms with Gasteiger partial charge in [-0.1, -0.05) is 42.5 Å². The lowest BCUT2D eigenvalue weighted by Crippen LogP contribution is -2.43. The van der Waals surface area contributed by atoms with Crippen LogP contribution in [0, 0.1) is 5.82 Å². The fourth-order valence-corrected chi connectivity index (χ4v) is 6.21. The Morgan fingerprint density at radius 1 is 1.00 bits per heavy atom. The summed E-state index contributed by atoms with van der Waals surface area (Å²) in [4.78, 5) is 21.3. The summed E-state index contributed by atoms with van der Waals surface area (Å²) >= 11 is 0. The number of aliphatic hydroxyl groups is 1. The number of rotatable bonds is 9. The Balaban J connectivity index is 1.47. The molecule has 2 heterocycles. The van der Waals surface area contributed by atoms with E-state index in [-0.39, 0.29) is 36.0 Å². The van der Waals surface area contributed by atoms with Gasteiger partial charge in [-0.3, -0.25) is 9.69 Å². The van der Waals surface area contributed by atoms with Gasteiger partial charge in [0.25, 0.3) is 5.91 Å². The lowest BCUT2D eigenvalue weighted by atomic mass is 9.93. The van der Waals surface area contributed by atoms with E-state index >= 15 is 0 Å². The molecule has 10 heteroatoms. The van der Waals surface area contributed by atoms with Crippen LogP contribution in [0.3, 0.4) is 0 Å². The molecule has 1 saturated carbocycles. The predicted octanol–water partition coefficient (Wildman–Crippen LogP) is 6.03. The van der Waals surface area contributed by atoms with E-state index in [1.807, 2.05) is 30.3 Å². The van der Waals surface area contributed by atoms with Crippen molar-refractivity contribution in [3.8, 4) is 11.3 Å². The maximum Gasteiger partial charge on any atom is 0.416 e. The normalized spacial score (nSPS) is 17.1. The first-order chi connectivity index (χ1) is 21.2. The second-order valence-electron chi connectivity index (χ2n) is 11.7. The minimum atomic E-state index is -4.56. The molecule has 0 radical (unpaired) electrons. The Labute approximate surface area is 253 Å². The highest BCUT2D eigenvalue weighted by Gasteiger charge is 2.46. The number of halogens is 4. The molecule has 2 fully saturated rings. The van der Waals surface area contributed by atoms with Crippen molar-refractivity contribution >= 4 is 16.8 Å². The number of alkyl halides is 3. The van der Waals surface area contributed by atoms with Crippen LogP contribution in [0.25, 0.3) is 22.2 Å². The third-order valence-corrected chi connectivity index (χ3v) is 8.68. The number of benzene rings is 3. The van der Waals surface area contributed by atoms with Crippen molar-refractivity contribution in [3.05, 3.63) is 101 Å². The average Bonchev–Trinajstić information content (AvgIpc) is 3.81.